The minimum atomic E-state index is -0.414. The van der Waals surface area contributed by atoms with E-state index < -0.39 is 4.92 Å². The van der Waals surface area contributed by atoms with Crippen molar-refractivity contribution in [2.24, 2.45) is 0 Å². The van der Waals surface area contributed by atoms with Crippen molar-refractivity contribution in [2.75, 3.05) is 12.4 Å². The van der Waals surface area contributed by atoms with Crippen LogP contribution in [0.3, 0.4) is 0 Å². The van der Waals surface area contributed by atoms with Crippen LogP contribution in [0.2, 0.25) is 0 Å². The van der Waals surface area contributed by atoms with Crippen LogP contribution in [0.1, 0.15) is 11.3 Å². The quantitative estimate of drug-likeness (QED) is 0.668. The van der Waals surface area contributed by atoms with Crippen LogP contribution in [0.15, 0.2) is 18.2 Å². The molecule has 2 rings (SSSR count). The lowest BCUT2D eigenvalue weighted by molar-refractivity contribution is -0.385. The molecular formula is C11H12N4O3S. The summed E-state index contributed by atoms with van der Waals surface area (Å²) in [6.07, 6.45) is 0. The van der Waals surface area contributed by atoms with Crippen LogP contribution in [0.25, 0.3) is 0 Å². The molecular weight excluding hydrogens is 268 g/mol. The number of aryl methyl sites for hydroxylation is 1. The van der Waals surface area contributed by atoms with Gasteiger partial charge in [-0.2, -0.15) is 0 Å². The molecule has 1 aromatic carbocycles. The highest BCUT2D eigenvalue weighted by molar-refractivity contribution is 7.10. The average molecular weight is 280 g/mol. The molecule has 0 aliphatic carbocycles. The third-order valence-electron chi connectivity index (χ3n) is 2.52. The monoisotopic (exact) mass is 280 g/mol. The van der Waals surface area contributed by atoms with E-state index in [1.807, 2.05) is 0 Å². The van der Waals surface area contributed by atoms with Crippen LogP contribution >= 0.6 is 11.5 Å². The van der Waals surface area contributed by atoms with Gasteiger partial charge < -0.3 is 10.1 Å². The normalized spacial score (nSPS) is 10.2. The van der Waals surface area contributed by atoms with E-state index in [1.165, 1.54) is 17.6 Å². The predicted octanol–water partition coefficient (Wildman–Crippen LogP) is 2.38. The van der Waals surface area contributed by atoms with Crippen molar-refractivity contribution in [1.82, 2.24) is 9.59 Å². The number of anilines is 1. The molecule has 0 atom stereocenters. The molecule has 0 aliphatic heterocycles. The molecule has 0 amide bonds. The lowest BCUT2D eigenvalue weighted by atomic mass is 10.2. The second kappa shape index (κ2) is 5.61. The molecule has 100 valence electrons. The highest BCUT2D eigenvalue weighted by Crippen LogP contribution is 2.24. The molecule has 0 spiro atoms. The van der Waals surface area contributed by atoms with Gasteiger partial charge in [-0.15, -0.1) is 5.10 Å². The largest absolute Gasteiger partial charge is 0.487 e. The summed E-state index contributed by atoms with van der Waals surface area (Å²) in [6, 6.07) is 4.64. The van der Waals surface area contributed by atoms with Crippen molar-refractivity contribution < 1.29 is 9.66 Å². The highest BCUT2D eigenvalue weighted by Gasteiger charge is 2.12. The summed E-state index contributed by atoms with van der Waals surface area (Å²) in [4.78, 5) is 10.3. The first-order valence-electron chi connectivity index (χ1n) is 5.48. The van der Waals surface area contributed by atoms with Crippen molar-refractivity contribution in [2.45, 2.75) is 13.5 Å². The first-order valence-corrected chi connectivity index (χ1v) is 6.26. The number of hydrogen-bond acceptors (Lipinski definition) is 7. The fourth-order valence-corrected chi connectivity index (χ4v) is 2.08. The number of hydrogen-bond donors (Lipinski definition) is 1. The van der Waals surface area contributed by atoms with E-state index >= 15 is 0 Å². The summed E-state index contributed by atoms with van der Waals surface area (Å²) < 4.78 is 9.37. The fraction of sp³-hybridized carbons (Fsp3) is 0.273. The molecule has 0 fully saturated rings. The number of rotatable bonds is 5. The van der Waals surface area contributed by atoms with Gasteiger partial charge in [-0.3, -0.25) is 10.1 Å². The minimum Gasteiger partial charge on any atom is -0.487 e. The van der Waals surface area contributed by atoms with Gasteiger partial charge in [0.15, 0.2) is 0 Å². The van der Waals surface area contributed by atoms with Crippen molar-refractivity contribution in [3.05, 3.63) is 39.6 Å². The van der Waals surface area contributed by atoms with Gasteiger partial charge in [0.05, 0.1) is 4.92 Å². The van der Waals surface area contributed by atoms with E-state index in [-0.39, 0.29) is 12.3 Å². The van der Waals surface area contributed by atoms with Gasteiger partial charge in [0.1, 0.15) is 23.1 Å². The molecule has 1 N–H and O–H groups in total. The maximum absolute atomic E-state index is 10.7. The summed E-state index contributed by atoms with van der Waals surface area (Å²) in [5.41, 5.74) is 1.36. The standard InChI is InChI=1S/C11H12N4O3S/c1-7-5-8(3-4-10(7)15(16)17)18-6-9-11(12-2)19-14-13-9/h3-5,12H,6H2,1-2H3. The van der Waals surface area contributed by atoms with Crippen LogP contribution in [-0.4, -0.2) is 21.6 Å². The molecule has 0 bridgehead atoms. The second-order valence-electron chi connectivity index (χ2n) is 3.79. The molecule has 8 heteroatoms. The zero-order valence-electron chi connectivity index (χ0n) is 10.4. The minimum absolute atomic E-state index is 0.0820. The number of nitro groups is 1. The Morgan fingerprint density at radius 1 is 1.53 bits per heavy atom. The molecule has 7 nitrogen and oxygen atoms in total. The van der Waals surface area contributed by atoms with E-state index in [1.54, 1.807) is 26.1 Å². The van der Waals surface area contributed by atoms with Crippen molar-refractivity contribution in [3.8, 4) is 5.75 Å². The summed E-state index contributed by atoms with van der Waals surface area (Å²) in [5, 5.41) is 18.5. The summed E-state index contributed by atoms with van der Waals surface area (Å²) in [5.74, 6) is 0.568. The molecule has 0 unspecified atom stereocenters. The zero-order chi connectivity index (χ0) is 13.8. The smallest absolute Gasteiger partial charge is 0.272 e. The molecule has 1 heterocycles. The Morgan fingerprint density at radius 3 is 2.95 bits per heavy atom. The zero-order valence-corrected chi connectivity index (χ0v) is 11.2. The van der Waals surface area contributed by atoms with Crippen molar-refractivity contribution in [1.29, 1.82) is 0 Å². The fourth-order valence-electron chi connectivity index (χ4n) is 1.57. The molecule has 1 aromatic heterocycles. The summed E-state index contributed by atoms with van der Waals surface area (Å²) >= 11 is 1.25. The number of aromatic nitrogens is 2. The van der Waals surface area contributed by atoms with E-state index in [9.17, 15) is 10.1 Å². The molecule has 0 radical (unpaired) electrons. The Morgan fingerprint density at radius 2 is 2.32 bits per heavy atom. The Hall–Kier alpha value is -2.22. The van der Waals surface area contributed by atoms with Gasteiger partial charge in [-0.25, -0.2) is 0 Å². The SMILES string of the molecule is CNc1snnc1COc1ccc([N+](=O)[O-])c(C)c1. The Labute approximate surface area is 113 Å². The second-order valence-corrected chi connectivity index (χ2v) is 4.55. The van der Waals surface area contributed by atoms with Gasteiger partial charge in [0, 0.05) is 30.2 Å². The lowest BCUT2D eigenvalue weighted by Crippen LogP contribution is -2.00. The van der Waals surface area contributed by atoms with Crippen LogP contribution in [0.4, 0.5) is 10.7 Å². The van der Waals surface area contributed by atoms with Crippen LogP contribution in [-0.2, 0) is 6.61 Å². The molecule has 0 saturated carbocycles. The summed E-state index contributed by atoms with van der Waals surface area (Å²) in [7, 11) is 1.79. The predicted molar refractivity (Wildman–Crippen MR) is 71.6 cm³/mol. The lowest BCUT2D eigenvalue weighted by Gasteiger charge is -2.06. The van der Waals surface area contributed by atoms with Gasteiger partial charge in [-0.05, 0) is 19.1 Å². The van der Waals surface area contributed by atoms with Crippen molar-refractivity contribution in [3.63, 3.8) is 0 Å². The molecule has 0 saturated heterocycles. The topological polar surface area (TPSA) is 90.2 Å². The number of nitrogens with one attached hydrogen (secondary N) is 1. The number of nitrogens with zero attached hydrogens (tertiary/aromatic N) is 3. The van der Waals surface area contributed by atoms with E-state index in [2.05, 4.69) is 14.9 Å². The maximum atomic E-state index is 10.7. The number of ether oxygens (including phenoxy) is 1. The molecule has 0 aliphatic rings. The summed E-state index contributed by atoms with van der Waals surface area (Å²) in [6.45, 7) is 1.94. The average Bonchev–Trinajstić information content (AvgIpc) is 2.83. The third kappa shape index (κ3) is 2.97. The third-order valence-corrected chi connectivity index (χ3v) is 3.31. The number of nitro benzene ring substituents is 1. The molecule has 2 aromatic rings. The maximum Gasteiger partial charge on any atom is 0.272 e. The number of benzene rings is 1. The van der Waals surface area contributed by atoms with Crippen LogP contribution < -0.4 is 10.1 Å². The van der Waals surface area contributed by atoms with Gasteiger partial charge >= 0.3 is 0 Å². The van der Waals surface area contributed by atoms with Gasteiger partial charge in [0.2, 0.25) is 0 Å². The van der Waals surface area contributed by atoms with Crippen LogP contribution in [0, 0.1) is 17.0 Å². The van der Waals surface area contributed by atoms with E-state index in [0.29, 0.717) is 17.0 Å². The van der Waals surface area contributed by atoms with Gasteiger partial charge in [-0.1, -0.05) is 4.49 Å². The molecule has 19 heavy (non-hydrogen) atoms. The van der Waals surface area contributed by atoms with Crippen LogP contribution in [0.5, 0.6) is 5.75 Å². The van der Waals surface area contributed by atoms with E-state index in [4.69, 9.17) is 4.74 Å². The Balaban J connectivity index is 2.08. The Kier molecular flexibility index (Phi) is 3.91. The van der Waals surface area contributed by atoms with Gasteiger partial charge in [0.25, 0.3) is 5.69 Å². The van der Waals surface area contributed by atoms with Crippen molar-refractivity contribution >= 4 is 22.2 Å². The highest BCUT2D eigenvalue weighted by atomic mass is 32.1. The Bertz CT molecular complexity index is 599. The first kappa shape index (κ1) is 13.2. The first-order chi connectivity index (χ1) is 9.11. The van der Waals surface area contributed by atoms with E-state index in [0.717, 1.165) is 5.00 Å².